The van der Waals surface area contributed by atoms with E-state index in [0.717, 1.165) is 5.56 Å². The topological polar surface area (TPSA) is 60.2 Å². The average Bonchev–Trinajstić information content (AvgIpc) is 2.17. The molecule has 0 heterocycles. The molecule has 1 rings (SSSR count). The Balaban J connectivity index is 2.75. The molecule has 0 amide bonds. The Morgan fingerprint density at radius 3 is 2.62 bits per heavy atom. The Morgan fingerprint density at radius 1 is 1.44 bits per heavy atom. The molecule has 0 bridgehead atoms. The zero-order valence-corrected chi connectivity index (χ0v) is 10.8. The molecule has 90 valence electrons. The van der Waals surface area contributed by atoms with Crippen LogP contribution in [-0.2, 0) is 9.84 Å². The maximum Gasteiger partial charge on any atom is 0.147 e. The Kier molecular flexibility index (Phi) is 4.77. The lowest BCUT2D eigenvalue weighted by Gasteiger charge is -2.14. The van der Waals surface area contributed by atoms with Gasteiger partial charge < -0.3 is 5.73 Å². The summed E-state index contributed by atoms with van der Waals surface area (Å²) in [5, 5.41) is 0.648. The molecule has 0 spiro atoms. The molecule has 0 aliphatic carbocycles. The summed E-state index contributed by atoms with van der Waals surface area (Å²) in [7, 11) is -2.94. The number of hydrogen-bond donors (Lipinski definition) is 1. The smallest absolute Gasteiger partial charge is 0.147 e. The Labute approximate surface area is 102 Å². The van der Waals surface area contributed by atoms with E-state index >= 15 is 0 Å². The van der Waals surface area contributed by atoms with Gasteiger partial charge >= 0.3 is 0 Å². The van der Waals surface area contributed by atoms with Crippen molar-refractivity contribution in [3.05, 3.63) is 34.9 Å². The van der Waals surface area contributed by atoms with Crippen LogP contribution in [0.1, 0.15) is 17.9 Å². The van der Waals surface area contributed by atoms with Gasteiger partial charge in [0.2, 0.25) is 0 Å². The zero-order valence-electron chi connectivity index (χ0n) is 9.19. The number of halogens is 1. The van der Waals surface area contributed by atoms with Crippen LogP contribution in [0.4, 0.5) is 0 Å². The highest BCUT2D eigenvalue weighted by atomic mass is 35.5. The molecule has 0 aliphatic heterocycles. The second kappa shape index (κ2) is 5.66. The lowest BCUT2D eigenvalue weighted by molar-refractivity contribution is 0.590. The molecule has 0 radical (unpaired) electrons. The minimum atomic E-state index is -2.94. The van der Waals surface area contributed by atoms with Crippen molar-refractivity contribution in [1.82, 2.24) is 0 Å². The number of benzene rings is 1. The van der Waals surface area contributed by atoms with Crippen LogP contribution in [-0.4, -0.2) is 27.0 Å². The van der Waals surface area contributed by atoms with Gasteiger partial charge in [-0.05, 0) is 36.6 Å². The van der Waals surface area contributed by atoms with E-state index in [-0.39, 0.29) is 11.7 Å². The van der Waals surface area contributed by atoms with Gasteiger partial charge in [-0.2, -0.15) is 0 Å². The first-order chi connectivity index (χ1) is 7.42. The van der Waals surface area contributed by atoms with Crippen LogP contribution < -0.4 is 5.73 Å². The molecule has 1 aromatic rings. The second-order valence-corrected chi connectivity index (χ2v) is 6.60. The third-order valence-electron chi connectivity index (χ3n) is 2.44. The summed E-state index contributed by atoms with van der Waals surface area (Å²) in [6.07, 6.45) is 1.77. The van der Waals surface area contributed by atoms with Gasteiger partial charge in [-0.3, -0.25) is 0 Å². The number of hydrogen-bond acceptors (Lipinski definition) is 3. The summed E-state index contributed by atoms with van der Waals surface area (Å²) in [5.74, 6) is 0.204. The van der Waals surface area contributed by atoms with Crippen LogP contribution in [0.3, 0.4) is 0 Å². The van der Waals surface area contributed by atoms with Gasteiger partial charge in [0.05, 0.1) is 5.75 Å². The van der Waals surface area contributed by atoms with Gasteiger partial charge in [-0.25, -0.2) is 8.42 Å². The molecular formula is C11H16ClNO2S. The first-order valence-electron chi connectivity index (χ1n) is 5.05. The van der Waals surface area contributed by atoms with Crippen molar-refractivity contribution in [3.63, 3.8) is 0 Å². The number of rotatable bonds is 5. The SMILES string of the molecule is CS(=O)(=O)CCC(CN)c1cccc(Cl)c1. The highest BCUT2D eigenvalue weighted by Crippen LogP contribution is 2.22. The van der Waals surface area contributed by atoms with Crippen molar-refractivity contribution >= 4 is 21.4 Å². The van der Waals surface area contributed by atoms with Gasteiger partial charge in [0.15, 0.2) is 0 Å². The van der Waals surface area contributed by atoms with E-state index in [9.17, 15) is 8.42 Å². The zero-order chi connectivity index (χ0) is 12.2. The number of nitrogens with two attached hydrogens (primary N) is 1. The lowest BCUT2D eigenvalue weighted by atomic mass is 9.97. The van der Waals surface area contributed by atoms with Crippen molar-refractivity contribution in [1.29, 1.82) is 0 Å². The standard InChI is InChI=1S/C11H16ClNO2S/c1-16(14,15)6-5-10(8-13)9-3-2-4-11(12)7-9/h2-4,7,10H,5-6,8,13H2,1H3. The fourth-order valence-electron chi connectivity index (χ4n) is 1.54. The van der Waals surface area contributed by atoms with Crippen molar-refractivity contribution in [2.75, 3.05) is 18.6 Å². The molecule has 16 heavy (non-hydrogen) atoms. The van der Waals surface area contributed by atoms with Gasteiger partial charge in [-0.1, -0.05) is 23.7 Å². The summed E-state index contributed by atoms with van der Waals surface area (Å²) in [5.41, 5.74) is 6.65. The monoisotopic (exact) mass is 261 g/mol. The first-order valence-corrected chi connectivity index (χ1v) is 7.49. The predicted octanol–water partition coefficient (Wildman–Crippen LogP) is 1.82. The Morgan fingerprint density at radius 2 is 2.12 bits per heavy atom. The molecule has 0 saturated heterocycles. The summed E-state index contributed by atoms with van der Waals surface area (Å²) in [4.78, 5) is 0. The fraction of sp³-hybridized carbons (Fsp3) is 0.455. The first kappa shape index (κ1) is 13.5. The molecule has 2 N–H and O–H groups in total. The quantitative estimate of drug-likeness (QED) is 0.880. The van der Waals surface area contributed by atoms with Crippen LogP contribution >= 0.6 is 11.6 Å². The van der Waals surface area contributed by atoms with E-state index in [2.05, 4.69) is 0 Å². The molecule has 3 nitrogen and oxygen atoms in total. The Bertz CT molecular complexity index is 445. The van der Waals surface area contributed by atoms with E-state index in [1.807, 2.05) is 18.2 Å². The lowest BCUT2D eigenvalue weighted by Crippen LogP contribution is -2.16. The fourth-order valence-corrected chi connectivity index (χ4v) is 2.45. The van der Waals surface area contributed by atoms with Crippen molar-refractivity contribution in [2.24, 2.45) is 5.73 Å². The summed E-state index contributed by atoms with van der Waals surface area (Å²) < 4.78 is 22.2. The molecular weight excluding hydrogens is 246 g/mol. The van der Waals surface area contributed by atoms with Gasteiger partial charge in [0, 0.05) is 11.3 Å². The third kappa shape index (κ3) is 4.51. The van der Waals surface area contributed by atoms with Crippen LogP contribution in [0.15, 0.2) is 24.3 Å². The second-order valence-electron chi connectivity index (χ2n) is 3.91. The molecule has 0 aliphatic rings. The highest BCUT2D eigenvalue weighted by molar-refractivity contribution is 7.90. The normalized spacial score (nSPS) is 13.7. The van der Waals surface area contributed by atoms with E-state index < -0.39 is 9.84 Å². The van der Waals surface area contributed by atoms with Crippen LogP contribution in [0, 0.1) is 0 Å². The minimum Gasteiger partial charge on any atom is -0.330 e. The maximum atomic E-state index is 11.1. The van der Waals surface area contributed by atoms with Crippen molar-refractivity contribution in [2.45, 2.75) is 12.3 Å². The van der Waals surface area contributed by atoms with Crippen LogP contribution in [0.2, 0.25) is 5.02 Å². The largest absolute Gasteiger partial charge is 0.330 e. The van der Waals surface area contributed by atoms with Crippen LogP contribution in [0.25, 0.3) is 0 Å². The summed E-state index contributed by atoms with van der Waals surface area (Å²) in [6.45, 7) is 0.426. The third-order valence-corrected chi connectivity index (χ3v) is 3.65. The molecule has 0 fully saturated rings. The average molecular weight is 262 g/mol. The highest BCUT2D eigenvalue weighted by Gasteiger charge is 2.13. The van der Waals surface area contributed by atoms with E-state index in [4.69, 9.17) is 17.3 Å². The molecule has 5 heteroatoms. The van der Waals surface area contributed by atoms with E-state index in [1.54, 1.807) is 6.07 Å². The van der Waals surface area contributed by atoms with E-state index in [0.29, 0.717) is 18.0 Å². The van der Waals surface area contributed by atoms with Crippen LogP contribution in [0.5, 0.6) is 0 Å². The summed E-state index contributed by atoms with van der Waals surface area (Å²) in [6, 6.07) is 7.39. The molecule has 1 unspecified atom stereocenters. The molecule has 1 aromatic carbocycles. The maximum absolute atomic E-state index is 11.1. The minimum absolute atomic E-state index is 0.0495. The van der Waals surface area contributed by atoms with E-state index in [1.165, 1.54) is 6.26 Å². The number of sulfone groups is 1. The van der Waals surface area contributed by atoms with Crippen molar-refractivity contribution in [3.8, 4) is 0 Å². The molecule has 0 saturated carbocycles. The molecule has 1 atom stereocenters. The summed E-state index contributed by atoms with van der Waals surface area (Å²) >= 11 is 5.88. The molecule has 0 aromatic heterocycles. The predicted molar refractivity (Wildman–Crippen MR) is 67.6 cm³/mol. The Hall–Kier alpha value is -0.580. The van der Waals surface area contributed by atoms with Gasteiger partial charge in [0.25, 0.3) is 0 Å². The van der Waals surface area contributed by atoms with Gasteiger partial charge in [0.1, 0.15) is 9.84 Å². The van der Waals surface area contributed by atoms with Crippen molar-refractivity contribution < 1.29 is 8.42 Å². The van der Waals surface area contributed by atoms with Gasteiger partial charge in [-0.15, -0.1) is 0 Å².